The molecule has 0 spiro atoms. The number of hydrogen-bond acceptors (Lipinski definition) is 3. The number of nitrogens with one attached hydrogen (secondary N) is 1. The average molecular weight is 210 g/mol. The van der Waals surface area contributed by atoms with E-state index in [9.17, 15) is 4.79 Å². The van der Waals surface area contributed by atoms with Crippen molar-refractivity contribution in [1.82, 2.24) is 5.32 Å². The van der Waals surface area contributed by atoms with E-state index in [0.29, 0.717) is 12.5 Å². The zero-order chi connectivity index (χ0) is 11.1. The summed E-state index contributed by atoms with van der Waals surface area (Å²) in [5, 5.41) is 3.31. The molecule has 0 radical (unpaired) electrons. The van der Waals surface area contributed by atoms with Crippen LogP contribution in [0, 0.1) is 0 Å². The zero-order valence-corrected chi connectivity index (χ0v) is 9.03. The zero-order valence-electron chi connectivity index (χ0n) is 9.03. The first kappa shape index (κ1) is 11.8. The van der Waals surface area contributed by atoms with Crippen molar-refractivity contribution in [1.29, 1.82) is 0 Å². The number of hydrogen-bond donors (Lipinski definition) is 2. The third-order valence-corrected chi connectivity index (χ3v) is 2.18. The van der Waals surface area contributed by atoms with Gasteiger partial charge in [0.05, 0.1) is 6.26 Å². The molecule has 0 saturated carbocycles. The first-order chi connectivity index (χ1) is 7.18. The number of amides is 1. The van der Waals surface area contributed by atoms with Gasteiger partial charge in [-0.25, -0.2) is 0 Å². The fourth-order valence-corrected chi connectivity index (χ4v) is 1.41. The second-order valence-corrected chi connectivity index (χ2v) is 3.71. The van der Waals surface area contributed by atoms with Gasteiger partial charge in [0.25, 0.3) is 0 Å². The molecule has 0 aliphatic rings. The molecule has 84 valence electrons. The normalized spacial score (nSPS) is 12.6. The summed E-state index contributed by atoms with van der Waals surface area (Å²) in [4.78, 5) is 10.5. The van der Waals surface area contributed by atoms with Gasteiger partial charge in [0.1, 0.15) is 5.76 Å². The SMILES string of the molecule is CC(Cc1ccco1)NCCCC(N)=O. The van der Waals surface area contributed by atoms with Crippen molar-refractivity contribution in [3.8, 4) is 0 Å². The van der Waals surface area contributed by atoms with E-state index >= 15 is 0 Å². The van der Waals surface area contributed by atoms with Crippen molar-refractivity contribution >= 4 is 5.91 Å². The van der Waals surface area contributed by atoms with Crippen LogP contribution in [0.1, 0.15) is 25.5 Å². The minimum absolute atomic E-state index is 0.240. The minimum Gasteiger partial charge on any atom is -0.469 e. The summed E-state index contributed by atoms with van der Waals surface area (Å²) < 4.78 is 5.23. The van der Waals surface area contributed by atoms with Crippen molar-refractivity contribution in [3.63, 3.8) is 0 Å². The smallest absolute Gasteiger partial charge is 0.217 e. The molecule has 0 fully saturated rings. The number of furan rings is 1. The van der Waals surface area contributed by atoms with E-state index in [0.717, 1.165) is 25.1 Å². The second kappa shape index (κ2) is 6.24. The molecule has 4 nitrogen and oxygen atoms in total. The molecule has 15 heavy (non-hydrogen) atoms. The van der Waals surface area contributed by atoms with E-state index in [1.807, 2.05) is 12.1 Å². The topological polar surface area (TPSA) is 68.3 Å². The van der Waals surface area contributed by atoms with Crippen LogP contribution in [-0.2, 0) is 11.2 Å². The molecular formula is C11H18N2O2. The maximum Gasteiger partial charge on any atom is 0.217 e. The van der Waals surface area contributed by atoms with Crippen molar-refractivity contribution in [2.75, 3.05) is 6.54 Å². The van der Waals surface area contributed by atoms with Gasteiger partial charge in [0, 0.05) is 18.9 Å². The van der Waals surface area contributed by atoms with Gasteiger partial charge in [-0.05, 0) is 32.0 Å². The standard InChI is InChI=1S/C11H18N2O2/c1-9(8-10-4-3-7-15-10)13-6-2-5-11(12)14/h3-4,7,9,13H,2,5-6,8H2,1H3,(H2,12,14). The van der Waals surface area contributed by atoms with Gasteiger partial charge in [0.15, 0.2) is 0 Å². The number of carbonyl (C=O) groups is 1. The summed E-state index contributed by atoms with van der Waals surface area (Å²) in [6.07, 6.45) is 3.77. The van der Waals surface area contributed by atoms with Crippen molar-refractivity contribution < 1.29 is 9.21 Å². The predicted molar refractivity (Wildman–Crippen MR) is 58.3 cm³/mol. The molecule has 0 saturated heterocycles. The van der Waals surface area contributed by atoms with Gasteiger partial charge in [-0.15, -0.1) is 0 Å². The van der Waals surface area contributed by atoms with Crippen LogP contribution in [0.3, 0.4) is 0 Å². The molecule has 1 rings (SSSR count). The molecule has 0 aromatic carbocycles. The number of primary amides is 1. The maximum absolute atomic E-state index is 10.5. The lowest BCUT2D eigenvalue weighted by molar-refractivity contribution is -0.118. The average Bonchev–Trinajstić information content (AvgIpc) is 2.64. The summed E-state index contributed by atoms with van der Waals surface area (Å²) in [6.45, 7) is 2.90. The Labute approximate surface area is 89.8 Å². The first-order valence-corrected chi connectivity index (χ1v) is 5.22. The summed E-state index contributed by atoms with van der Waals surface area (Å²) in [6, 6.07) is 4.19. The molecule has 1 aromatic heterocycles. The number of nitrogens with two attached hydrogens (primary N) is 1. The van der Waals surface area contributed by atoms with Gasteiger partial charge < -0.3 is 15.5 Å². The quantitative estimate of drug-likeness (QED) is 0.661. The highest BCUT2D eigenvalue weighted by Crippen LogP contribution is 2.03. The highest BCUT2D eigenvalue weighted by Gasteiger charge is 2.04. The molecule has 3 N–H and O–H groups in total. The number of carbonyl (C=O) groups excluding carboxylic acids is 1. The molecule has 0 aliphatic heterocycles. The lowest BCUT2D eigenvalue weighted by atomic mass is 10.2. The molecule has 1 unspecified atom stereocenters. The fraction of sp³-hybridized carbons (Fsp3) is 0.545. The summed E-state index contributed by atoms with van der Waals surface area (Å²) >= 11 is 0. The van der Waals surface area contributed by atoms with Crippen LogP contribution in [0.4, 0.5) is 0 Å². The van der Waals surface area contributed by atoms with E-state index in [4.69, 9.17) is 10.2 Å². The van der Waals surface area contributed by atoms with E-state index in [1.165, 1.54) is 0 Å². The lowest BCUT2D eigenvalue weighted by Gasteiger charge is -2.11. The van der Waals surface area contributed by atoms with Gasteiger partial charge in [-0.2, -0.15) is 0 Å². The van der Waals surface area contributed by atoms with Crippen molar-refractivity contribution in [3.05, 3.63) is 24.2 Å². The monoisotopic (exact) mass is 210 g/mol. The van der Waals surface area contributed by atoms with Crippen LogP contribution in [0.5, 0.6) is 0 Å². The highest BCUT2D eigenvalue weighted by atomic mass is 16.3. The molecule has 0 aliphatic carbocycles. The molecule has 1 heterocycles. The molecular weight excluding hydrogens is 192 g/mol. The summed E-state index contributed by atoms with van der Waals surface area (Å²) in [5.74, 6) is 0.736. The van der Waals surface area contributed by atoms with E-state index in [1.54, 1.807) is 6.26 Å². The fourth-order valence-electron chi connectivity index (χ4n) is 1.41. The molecule has 1 atom stereocenters. The number of rotatable bonds is 7. The minimum atomic E-state index is -0.240. The Bertz CT molecular complexity index is 283. The highest BCUT2D eigenvalue weighted by molar-refractivity contribution is 5.73. The molecule has 4 heteroatoms. The van der Waals surface area contributed by atoms with Crippen molar-refractivity contribution in [2.45, 2.75) is 32.2 Å². The van der Waals surface area contributed by atoms with Crippen LogP contribution < -0.4 is 11.1 Å². The predicted octanol–water partition coefficient (Wildman–Crippen LogP) is 1.07. The Morgan fingerprint density at radius 3 is 3.07 bits per heavy atom. The van der Waals surface area contributed by atoms with Crippen LogP contribution in [-0.4, -0.2) is 18.5 Å². The van der Waals surface area contributed by atoms with Crippen LogP contribution >= 0.6 is 0 Å². The summed E-state index contributed by atoms with van der Waals surface area (Å²) in [7, 11) is 0. The Hall–Kier alpha value is -1.29. The van der Waals surface area contributed by atoms with E-state index in [2.05, 4.69) is 12.2 Å². The van der Waals surface area contributed by atoms with Gasteiger partial charge >= 0.3 is 0 Å². The second-order valence-electron chi connectivity index (χ2n) is 3.71. The van der Waals surface area contributed by atoms with Crippen LogP contribution in [0.25, 0.3) is 0 Å². The summed E-state index contributed by atoms with van der Waals surface area (Å²) in [5.41, 5.74) is 5.04. The Balaban J connectivity index is 2.08. The van der Waals surface area contributed by atoms with Crippen LogP contribution in [0.15, 0.2) is 22.8 Å². The molecule has 1 aromatic rings. The molecule has 0 bridgehead atoms. The third kappa shape index (κ3) is 5.22. The van der Waals surface area contributed by atoms with E-state index in [-0.39, 0.29) is 5.91 Å². The van der Waals surface area contributed by atoms with E-state index < -0.39 is 0 Å². The first-order valence-electron chi connectivity index (χ1n) is 5.22. The lowest BCUT2D eigenvalue weighted by Crippen LogP contribution is -2.29. The Morgan fingerprint density at radius 2 is 2.47 bits per heavy atom. The maximum atomic E-state index is 10.5. The van der Waals surface area contributed by atoms with Gasteiger partial charge in [0.2, 0.25) is 5.91 Å². The Kier molecular flexibility index (Phi) is 4.90. The Morgan fingerprint density at radius 1 is 1.67 bits per heavy atom. The van der Waals surface area contributed by atoms with Crippen LogP contribution in [0.2, 0.25) is 0 Å². The van der Waals surface area contributed by atoms with Gasteiger partial charge in [-0.3, -0.25) is 4.79 Å². The van der Waals surface area contributed by atoms with Crippen molar-refractivity contribution in [2.24, 2.45) is 5.73 Å². The van der Waals surface area contributed by atoms with Gasteiger partial charge in [-0.1, -0.05) is 0 Å². The third-order valence-electron chi connectivity index (χ3n) is 2.18. The molecule has 1 amide bonds. The largest absolute Gasteiger partial charge is 0.469 e.